The van der Waals surface area contributed by atoms with Gasteiger partial charge in [-0.2, -0.15) is 38.1 Å². The molecule has 0 radical (unpaired) electrons. The molecule has 15 heteroatoms. The van der Waals surface area contributed by atoms with Gasteiger partial charge in [0.05, 0.1) is 4.90 Å². The molecule has 2 aromatic rings. The first-order valence-electron chi connectivity index (χ1n) is 12.0. The lowest BCUT2D eigenvalue weighted by Gasteiger charge is -2.33. The molecule has 0 spiro atoms. The lowest BCUT2D eigenvalue weighted by Crippen LogP contribution is -2.51. The Morgan fingerprint density at radius 1 is 0.900 bits per heavy atom. The Morgan fingerprint density at radius 3 is 2.00 bits per heavy atom. The third-order valence-corrected chi connectivity index (χ3v) is 10.9. The van der Waals surface area contributed by atoms with Crippen LogP contribution in [0, 0.1) is 17.6 Å². The Morgan fingerprint density at radius 2 is 1.48 bits per heavy atom. The highest BCUT2D eigenvalue weighted by Gasteiger charge is 2.74. The number of likely N-dealkylation sites (tertiary alicyclic amines) is 1. The summed E-state index contributed by atoms with van der Waals surface area (Å²) in [5.41, 5.74) is -9.02. The summed E-state index contributed by atoms with van der Waals surface area (Å²) in [6, 6.07) is 4.01. The van der Waals surface area contributed by atoms with Crippen molar-refractivity contribution in [1.29, 1.82) is 0 Å². The lowest BCUT2D eigenvalue weighted by atomic mass is 9.89. The molecule has 4 rings (SSSR count). The molecule has 2 aliphatic rings. The van der Waals surface area contributed by atoms with E-state index in [4.69, 9.17) is 0 Å². The highest BCUT2D eigenvalue weighted by molar-refractivity contribution is 7.99. The van der Waals surface area contributed by atoms with Gasteiger partial charge >= 0.3 is 18.0 Å². The van der Waals surface area contributed by atoms with Crippen LogP contribution in [0.2, 0.25) is 0 Å². The zero-order valence-corrected chi connectivity index (χ0v) is 22.1. The van der Waals surface area contributed by atoms with Crippen LogP contribution >= 0.6 is 11.8 Å². The van der Waals surface area contributed by atoms with Crippen LogP contribution in [-0.4, -0.2) is 56.2 Å². The molecule has 0 aromatic heterocycles. The summed E-state index contributed by atoms with van der Waals surface area (Å²) in [6.45, 7) is -0.752. The fraction of sp³-hybridized carbons (Fsp3) is 0.480. The molecule has 1 atom stereocenters. The Hall–Kier alpha value is -2.42. The summed E-state index contributed by atoms with van der Waals surface area (Å²) in [5, 5.41) is 0. The first kappa shape index (κ1) is 30.5. The van der Waals surface area contributed by atoms with Crippen molar-refractivity contribution < 1.29 is 52.7 Å². The second kappa shape index (κ2) is 10.4. The van der Waals surface area contributed by atoms with E-state index >= 15 is 4.39 Å². The van der Waals surface area contributed by atoms with Crippen LogP contribution in [0.1, 0.15) is 30.4 Å². The van der Waals surface area contributed by atoms with E-state index in [1.165, 1.54) is 4.90 Å². The predicted molar refractivity (Wildman–Crippen MR) is 128 cm³/mol. The average molecular weight is 620 g/mol. The van der Waals surface area contributed by atoms with E-state index < -0.39 is 79.1 Å². The van der Waals surface area contributed by atoms with Crippen LogP contribution in [-0.2, 0) is 25.0 Å². The number of nitrogens with zero attached hydrogens (tertiary/aromatic N) is 1. The van der Waals surface area contributed by atoms with Crippen molar-refractivity contribution in [3.8, 4) is 0 Å². The van der Waals surface area contributed by atoms with Crippen molar-refractivity contribution >= 4 is 27.5 Å². The molecule has 2 aromatic carbocycles. The van der Waals surface area contributed by atoms with E-state index in [9.17, 15) is 48.3 Å². The largest absolute Gasteiger partial charge is 0.436 e. The minimum atomic E-state index is -6.58. The summed E-state index contributed by atoms with van der Waals surface area (Å²) in [7, 11) is -4.66. The Balaban J connectivity index is 1.84. The zero-order valence-electron chi connectivity index (χ0n) is 20.5. The van der Waals surface area contributed by atoms with Crippen molar-refractivity contribution in [3.63, 3.8) is 0 Å². The van der Waals surface area contributed by atoms with Gasteiger partial charge in [-0.3, -0.25) is 4.79 Å². The van der Waals surface area contributed by atoms with Gasteiger partial charge in [-0.05, 0) is 66.7 Å². The van der Waals surface area contributed by atoms with Gasteiger partial charge in [0.2, 0.25) is 5.91 Å². The number of rotatable bonds is 5. The van der Waals surface area contributed by atoms with E-state index in [0.717, 1.165) is 24.3 Å². The zero-order chi connectivity index (χ0) is 29.7. The second-order valence-corrected chi connectivity index (χ2v) is 13.2. The van der Waals surface area contributed by atoms with E-state index in [1.807, 2.05) is 0 Å². The quantitative estimate of drug-likeness (QED) is 0.291. The number of halogens is 9. The van der Waals surface area contributed by atoms with Gasteiger partial charge < -0.3 is 4.90 Å². The molecule has 4 nitrogen and oxygen atoms in total. The van der Waals surface area contributed by atoms with Gasteiger partial charge in [-0.25, -0.2) is 21.6 Å². The third kappa shape index (κ3) is 4.96. The molecular formula is C25H22F9NO3S2. The SMILES string of the molecule is O=C(C1CCSCC1)N1CC[C@](c2ccc(C(F)(C(F)(F)F)C(F)(F)F)c(F)c2)(S(=O)(=O)c2ccc(F)cc2)C1. The molecule has 0 saturated carbocycles. The number of sulfone groups is 1. The highest BCUT2D eigenvalue weighted by atomic mass is 32.2. The fourth-order valence-electron chi connectivity index (χ4n) is 5.17. The summed E-state index contributed by atoms with van der Waals surface area (Å²) in [6.07, 6.45) is -12.5. The summed E-state index contributed by atoms with van der Waals surface area (Å²) < 4.78 is 148. The van der Waals surface area contributed by atoms with Crippen LogP contribution in [0.3, 0.4) is 0 Å². The maximum atomic E-state index is 15.1. The number of hydrogen-bond acceptors (Lipinski definition) is 4. The van der Waals surface area contributed by atoms with Crippen LogP contribution < -0.4 is 0 Å². The first-order chi connectivity index (χ1) is 18.5. The van der Waals surface area contributed by atoms with E-state index in [1.54, 1.807) is 11.8 Å². The van der Waals surface area contributed by atoms with Crippen molar-refractivity contribution in [2.45, 2.75) is 46.9 Å². The smallest absolute Gasteiger partial charge is 0.340 e. The third-order valence-electron chi connectivity index (χ3n) is 7.40. The van der Waals surface area contributed by atoms with Crippen molar-refractivity contribution in [1.82, 2.24) is 4.90 Å². The predicted octanol–water partition coefficient (Wildman–Crippen LogP) is 6.30. The van der Waals surface area contributed by atoms with Gasteiger partial charge in [0.1, 0.15) is 16.4 Å². The van der Waals surface area contributed by atoms with Crippen molar-refractivity contribution in [2.75, 3.05) is 24.6 Å². The topological polar surface area (TPSA) is 54.5 Å². The minimum absolute atomic E-state index is 0.0730. The number of amides is 1. The highest BCUT2D eigenvalue weighted by Crippen LogP contribution is 2.54. The molecule has 2 fully saturated rings. The molecule has 220 valence electrons. The average Bonchev–Trinajstić information content (AvgIpc) is 3.35. The fourth-order valence-corrected chi connectivity index (χ4v) is 8.34. The normalized spacial score (nSPS) is 21.6. The van der Waals surface area contributed by atoms with Gasteiger partial charge in [-0.1, -0.05) is 12.1 Å². The van der Waals surface area contributed by atoms with E-state index in [-0.39, 0.29) is 24.6 Å². The van der Waals surface area contributed by atoms with Crippen LogP contribution in [0.5, 0.6) is 0 Å². The van der Waals surface area contributed by atoms with E-state index in [0.29, 0.717) is 30.4 Å². The number of benzene rings is 2. The molecule has 1 amide bonds. The summed E-state index contributed by atoms with van der Waals surface area (Å²) in [4.78, 5) is 14.0. The molecule has 0 N–H and O–H groups in total. The summed E-state index contributed by atoms with van der Waals surface area (Å²) >= 11 is 1.64. The molecule has 2 saturated heterocycles. The van der Waals surface area contributed by atoms with E-state index in [2.05, 4.69) is 0 Å². The van der Waals surface area contributed by atoms with Gasteiger partial charge in [0.15, 0.2) is 9.84 Å². The van der Waals surface area contributed by atoms with Gasteiger partial charge in [-0.15, -0.1) is 0 Å². The molecule has 0 bridgehead atoms. The van der Waals surface area contributed by atoms with Crippen LogP contribution in [0.4, 0.5) is 39.5 Å². The number of alkyl halides is 7. The molecular weight excluding hydrogens is 597 g/mol. The van der Waals surface area contributed by atoms with Gasteiger partial charge in [0, 0.05) is 24.6 Å². The van der Waals surface area contributed by atoms with Crippen molar-refractivity contribution in [3.05, 3.63) is 65.2 Å². The second-order valence-electron chi connectivity index (χ2n) is 9.70. The number of hydrogen-bond donors (Lipinski definition) is 0. The van der Waals surface area contributed by atoms with Crippen LogP contribution in [0.25, 0.3) is 0 Å². The van der Waals surface area contributed by atoms with Crippen molar-refractivity contribution in [2.24, 2.45) is 5.92 Å². The number of thioether (sulfide) groups is 1. The maximum Gasteiger partial charge on any atom is 0.436 e. The standard InChI is InChI=1S/C25H22F9NO3S2/c26-17-2-4-18(5-3-17)40(37,38)22(9-10-35(14-22)21(36)15-7-11-39-12-8-15)16-1-6-19(20(27)13-16)23(28,24(29,30)31)25(32,33)34/h1-6,13,15H,7-12,14H2/t22-/m0/s1. The first-order valence-corrected chi connectivity index (χ1v) is 14.6. The molecule has 0 aliphatic carbocycles. The monoisotopic (exact) mass is 619 g/mol. The lowest BCUT2D eigenvalue weighted by molar-refractivity contribution is -0.349. The Bertz CT molecular complexity index is 1360. The van der Waals surface area contributed by atoms with Gasteiger partial charge in [0.25, 0.3) is 0 Å². The maximum absolute atomic E-state index is 15.1. The number of carbonyl (C=O) groups is 1. The molecule has 40 heavy (non-hydrogen) atoms. The minimum Gasteiger partial charge on any atom is -0.340 e. The van der Waals surface area contributed by atoms with Crippen LogP contribution in [0.15, 0.2) is 47.4 Å². The molecule has 2 heterocycles. The Kier molecular flexibility index (Phi) is 7.97. The summed E-state index contributed by atoms with van der Waals surface area (Å²) in [5.74, 6) is -2.47. The number of carbonyl (C=O) groups excluding carboxylic acids is 1. The Labute approximate surface area is 227 Å². The molecule has 2 aliphatic heterocycles. The molecule has 0 unspecified atom stereocenters.